The van der Waals surface area contributed by atoms with E-state index in [4.69, 9.17) is 4.74 Å². The van der Waals surface area contributed by atoms with Gasteiger partial charge in [0.25, 0.3) is 0 Å². The number of thiophene rings is 1. The third-order valence-corrected chi connectivity index (χ3v) is 6.39. The van der Waals surface area contributed by atoms with E-state index < -0.39 is 5.82 Å². The Hall–Kier alpha value is -2.60. The second-order valence-electron chi connectivity index (χ2n) is 7.38. The molecule has 146 valence electrons. The number of nitrogens with zero attached hydrogens (tertiary/aromatic N) is 2. The summed E-state index contributed by atoms with van der Waals surface area (Å²) in [7, 11) is 0. The van der Waals surface area contributed by atoms with Crippen LogP contribution in [0.3, 0.4) is 0 Å². The van der Waals surface area contributed by atoms with Crippen LogP contribution in [0.1, 0.15) is 29.7 Å². The van der Waals surface area contributed by atoms with Gasteiger partial charge in [-0.25, -0.2) is 4.39 Å². The number of pyridine rings is 2. The Morgan fingerprint density at radius 1 is 1.32 bits per heavy atom. The molecule has 0 amide bonds. The predicted octanol–water partition coefficient (Wildman–Crippen LogP) is 4.69. The molecule has 1 saturated carbocycles. The summed E-state index contributed by atoms with van der Waals surface area (Å²) in [6.45, 7) is 4.38. The summed E-state index contributed by atoms with van der Waals surface area (Å²) in [5.74, 6) is 0.359. The summed E-state index contributed by atoms with van der Waals surface area (Å²) in [6.07, 6.45) is 3.86. The van der Waals surface area contributed by atoms with Gasteiger partial charge in [-0.05, 0) is 55.5 Å². The number of carbonyl (C=O) groups excluding carboxylic acids is 1. The van der Waals surface area contributed by atoms with Crippen molar-refractivity contribution in [2.75, 3.05) is 6.61 Å². The lowest BCUT2D eigenvalue weighted by Crippen LogP contribution is -2.23. The zero-order chi connectivity index (χ0) is 19.7. The average Bonchev–Trinajstić information content (AvgIpc) is 3.14. The van der Waals surface area contributed by atoms with Gasteiger partial charge in [-0.2, -0.15) is 0 Å². The molecule has 6 heteroatoms. The Morgan fingerprint density at radius 2 is 2.18 bits per heavy atom. The minimum atomic E-state index is -0.397. The third kappa shape index (κ3) is 3.69. The van der Waals surface area contributed by atoms with Gasteiger partial charge >= 0.3 is 0 Å². The van der Waals surface area contributed by atoms with Crippen molar-refractivity contribution in [1.82, 2.24) is 9.97 Å². The number of Topliss-reactive ketones (excluding diaryl/α,β-unsaturated/α-hetero) is 1. The monoisotopic (exact) mass is 398 g/mol. The summed E-state index contributed by atoms with van der Waals surface area (Å²) < 4.78 is 19.2. The Bertz CT molecular complexity index is 995. The van der Waals surface area contributed by atoms with Crippen molar-refractivity contribution in [3.05, 3.63) is 75.8 Å². The van der Waals surface area contributed by atoms with Crippen molar-refractivity contribution in [1.29, 1.82) is 0 Å². The van der Waals surface area contributed by atoms with Crippen molar-refractivity contribution in [3.63, 3.8) is 0 Å². The molecule has 28 heavy (non-hydrogen) atoms. The fourth-order valence-electron chi connectivity index (χ4n) is 3.65. The van der Waals surface area contributed by atoms with Gasteiger partial charge in [0.2, 0.25) is 0 Å². The maximum Gasteiger partial charge on any atom is 0.142 e. The predicted molar refractivity (Wildman–Crippen MR) is 108 cm³/mol. The largest absolute Gasteiger partial charge is 0.491 e. The van der Waals surface area contributed by atoms with Crippen molar-refractivity contribution in [2.24, 2.45) is 5.92 Å². The lowest BCUT2D eigenvalue weighted by Gasteiger charge is -2.18. The molecule has 2 atom stereocenters. The van der Waals surface area contributed by atoms with Gasteiger partial charge in [-0.3, -0.25) is 14.8 Å². The highest BCUT2D eigenvalue weighted by molar-refractivity contribution is 7.10. The van der Waals surface area contributed by atoms with Crippen molar-refractivity contribution in [2.45, 2.75) is 32.1 Å². The molecule has 1 aliphatic rings. The molecule has 0 aromatic carbocycles. The summed E-state index contributed by atoms with van der Waals surface area (Å²) in [5, 5.41) is 2.02. The number of ketones is 1. The highest BCUT2D eigenvalue weighted by Gasteiger charge is 2.60. The van der Waals surface area contributed by atoms with Gasteiger partial charge in [0, 0.05) is 35.4 Å². The zero-order valence-electron chi connectivity index (χ0n) is 15.8. The highest BCUT2D eigenvalue weighted by Crippen LogP contribution is 2.56. The molecular weight excluding hydrogens is 375 g/mol. The SMILES string of the molecule is Cc1cc(C)c(OC[C@@]2(c3cccs3)C[C@H]2C(=O)Cc2ccc(F)cn2)cn1.[HH]. The van der Waals surface area contributed by atoms with Gasteiger partial charge in [0.05, 0.1) is 19.0 Å². The highest BCUT2D eigenvalue weighted by atomic mass is 32.1. The second-order valence-corrected chi connectivity index (χ2v) is 8.33. The van der Waals surface area contributed by atoms with E-state index in [0.29, 0.717) is 12.3 Å². The lowest BCUT2D eigenvalue weighted by atomic mass is 9.98. The van der Waals surface area contributed by atoms with Crippen LogP contribution in [-0.4, -0.2) is 22.4 Å². The van der Waals surface area contributed by atoms with Crippen LogP contribution in [0.2, 0.25) is 0 Å². The first-order valence-electron chi connectivity index (χ1n) is 9.21. The van der Waals surface area contributed by atoms with Gasteiger partial charge in [0.15, 0.2) is 0 Å². The van der Waals surface area contributed by atoms with Crippen LogP contribution in [0, 0.1) is 25.6 Å². The molecule has 3 aromatic rings. The molecule has 3 heterocycles. The number of hydrogen-bond donors (Lipinski definition) is 0. The number of carbonyl (C=O) groups is 1. The van der Waals surface area contributed by atoms with E-state index in [2.05, 4.69) is 16.0 Å². The molecule has 0 bridgehead atoms. The van der Waals surface area contributed by atoms with Crippen LogP contribution in [-0.2, 0) is 16.6 Å². The zero-order valence-corrected chi connectivity index (χ0v) is 16.6. The molecule has 0 N–H and O–H groups in total. The standard InChI is InChI=1S/C22H21FN2O2S.H2/c1-14-8-15(2)24-12-20(14)27-13-22(21-4-3-7-28-21)10-18(22)19(26)9-17-6-5-16(23)11-25-17;/h3-8,11-12,18H,9-10,13H2,1-2H3;1H/t18-,22-;/m0./s1. The maximum atomic E-state index is 13.1. The lowest BCUT2D eigenvalue weighted by molar-refractivity contribution is -0.120. The topological polar surface area (TPSA) is 52.1 Å². The Kier molecular flexibility index (Phi) is 4.98. The molecule has 0 radical (unpaired) electrons. The Morgan fingerprint density at radius 3 is 2.86 bits per heavy atom. The number of halogens is 1. The number of hydrogen-bond acceptors (Lipinski definition) is 5. The van der Waals surface area contributed by atoms with Crippen molar-refractivity contribution >= 4 is 17.1 Å². The molecule has 1 fully saturated rings. The van der Waals surface area contributed by atoms with Crippen LogP contribution in [0.25, 0.3) is 0 Å². The first-order valence-corrected chi connectivity index (χ1v) is 10.1. The average molecular weight is 399 g/mol. The quantitative estimate of drug-likeness (QED) is 0.579. The normalized spacial score (nSPS) is 20.8. The summed E-state index contributed by atoms with van der Waals surface area (Å²) >= 11 is 1.65. The van der Waals surface area contributed by atoms with Crippen LogP contribution in [0.5, 0.6) is 5.75 Å². The van der Waals surface area contributed by atoms with Crippen LogP contribution in [0.15, 0.2) is 48.1 Å². The molecule has 3 aromatic heterocycles. The number of ether oxygens (including phenoxy) is 1. The second kappa shape index (κ2) is 7.43. The minimum Gasteiger partial charge on any atom is -0.491 e. The van der Waals surface area contributed by atoms with Crippen molar-refractivity contribution in [3.8, 4) is 5.75 Å². The molecular formula is C22H23FN2O2S. The number of aromatic nitrogens is 2. The first-order chi connectivity index (χ1) is 13.5. The van der Waals surface area contributed by atoms with E-state index in [0.717, 1.165) is 34.5 Å². The fraction of sp³-hybridized carbons (Fsp3) is 0.318. The molecule has 0 unspecified atom stereocenters. The molecule has 0 aliphatic heterocycles. The van der Waals surface area contributed by atoms with Crippen LogP contribution >= 0.6 is 11.3 Å². The third-order valence-electron chi connectivity index (χ3n) is 5.30. The van der Waals surface area contributed by atoms with Crippen LogP contribution in [0.4, 0.5) is 4.39 Å². The van der Waals surface area contributed by atoms with E-state index >= 15 is 0 Å². The van der Waals surface area contributed by atoms with Crippen molar-refractivity contribution < 1.29 is 15.3 Å². The summed E-state index contributed by atoms with van der Waals surface area (Å²) in [5.41, 5.74) is 2.28. The van der Waals surface area contributed by atoms with Gasteiger partial charge in [-0.1, -0.05) is 6.07 Å². The van der Waals surface area contributed by atoms with Gasteiger partial charge in [0.1, 0.15) is 17.3 Å². The molecule has 0 spiro atoms. The summed E-state index contributed by atoms with van der Waals surface area (Å²) in [6, 6.07) is 8.97. The number of rotatable bonds is 7. The molecule has 0 saturated heterocycles. The molecule has 4 nitrogen and oxygen atoms in total. The van der Waals surface area contributed by atoms with Crippen LogP contribution < -0.4 is 4.74 Å². The van der Waals surface area contributed by atoms with E-state index in [1.165, 1.54) is 6.07 Å². The summed E-state index contributed by atoms with van der Waals surface area (Å²) in [4.78, 5) is 22.4. The molecule has 1 aliphatic carbocycles. The van der Waals surface area contributed by atoms with E-state index in [1.807, 2.05) is 31.4 Å². The minimum absolute atomic E-state index is 0. The first kappa shape index (κ1) is 18.7. The molecule has 4 rings (SSSR count). The Balaban J connectivity index is 0.00000240. The number of aryl methyl sites for hydroxylation is 2. The maximum absolute atomic E-state index is 13.1. The van der Waals surface area contributed by atoms with E-state index in [9.17, 15) is 9.18 Å². The Labute approximate surface area is 168 Å². The van der Waals surface area contributed by atoms with Gasteiger partial charge < -0.3 is 4.74 Å². The van der Waals surface area contributed by atoms with Gasteiger partial charge in [-0.15, -0.1) is 11.3 Å². The smallest absolute Gasteiger partial charge is 0.142 e. The van der Waals surface area contributed by atoms with E-state index in [-0.39, 0.29) is 25.0 Å². The van der Waals surface area contributed by atoms with E-state index in [1.54, 1.807) is 23.6 Å². The fourth-order valence-corrected chi connectivity index (χ4v) is 4.63.